The fraction of sp³-hybridized carbons (Fsp3) is 0.643. The molecule has 4 nitrogen and oxygen atoms in total. The third-order valence-corrected chi connectivity index (χ3v) is 2.24. The second kappa shape index (κ2) is 11.0. The first kappa shape index (κ1) is 16.9. The molecule has 18 heavy (non-hydrogen) atoms. The number of hydrogen-bond donors (Lipinski definition) is 0. The van der Waals surface area contributed by atoms with Gasteiger partial charge < -0.3 is 14.2 Å². The Morgan fingerprint density at radius 1 is 1.28 bits per heavy atom. The average Bonchev–Trinajstić information content (AvgIpc) is 2.35. The van der Waals surface area contributed by atoms with Crippen molar-refractivity contribution in [2.45, 2.75) is 20.8 Å². The molecule has 0 aliphatic heterocycles. The van der Waals surface area contributed by atoms with E-state index in [1.165, 1.54) is 0 Å². The second-order valence-corrected chi connectivity index (χ2v) is 3.52. The van der Waals surface area contributed by atoms with E-state index in [2.05, 4.69) is 11.6 Å². The summed E-state index contributed by atoms with van der Waals surface area (Å²) in [4.78, 5) is 4.44. The fourth-order valence-electron chi connectivity index (χ4n) is 1.45. The SMILES string of the molecule is C=C(OCC)/C(=C/C)C(COCCOC)=NCC. The summed E-state index contributed by atoms with van der Waals surface area (Å²) in [7, 11) is 1.65. The molecule has 0 atom stereocenters. The largest absolute Gasteiger partial charge is 0.494 e. The molecule has 0 N–H and O–H groups in total. The molecular formula is C14H25NO3. The van der Waals surface area contributed by atoms with Crippen LogP contribution in [-0.2, 0) is 14.2 Å². The van der Waals surface area contributed by atoms with Gasteiger partial charge in [-0.1, -0.05) is 12.7 Å². The molecule has 0 radical (unpaired) electrons. The monoisotopic (exact) mass is 255 g/mol. The molecule has 0 aliphatic carbocycles. The molecule has 0 aromatic heterocycles. The summed E-state index contributed by atoms with van der Waals surface area (Å²) >= 11 is 0. The first-order chi connectivity index (χ1) is 8.71. The van der Waals surface area contributed by atoms with Crippen molar-refractivity contribution in [3.8, 4) is 0 Å². The summed E-state index contributed by atoms with van der Waals surface area (Å²) in [6.07, 6.45) is 1.95. The van der Waals surface area contributed by atoms with Crippen LogP contribution in [0, 0.1) is 0 Å². The van der Waals surface area contributed by atoms with Crippen molar-refractivity contribution >= 4 is 5.71 Å². The molecule has 0 amide bonds. The molecule has 0 unspecified atom stereocenters. The van der Waals surface area contributed by atoms with Gasteiger partial charge in [-0.2, -0.15) is 0 Å². The van der Waals surface area contributed by atoms with Gasteiger partial charge in [0.2, 0.25) is 0 Å². The number of allylic oxidation sites excluding steroid dienone is 2. The summed E-state index contributed by atoms with van der Waals surface area (Å²) in [6, 6.07) is 0. The standard InChI is InChI=1S/C14H25NO3/c1-6-13(12(4)18-8-3)14(15-7-2)11-17-10-9-16-5/h6H,4,7-11H2,1-3,5H3/b13-6-,15-14?. The summed E-state index contributed by atoms with van der Waals surface area (Å²) in [5.41, 5.74) is 1.78. The Morgan fingerprint density at radius 3 is 2.50 bits per heavy atom. The molecule has 0 bridgehead atoms. The molecule has 0 aliphatic rings. The van der Waals surface area contributed by atoms with E-state index in [0.29, 0.717) is 38.7 Å². The van der Waals surface area contributed by atoms with E-state index in [1.54, 1.807) is 7.11 Å². The fourth-order valence-corrected chi connectivity index (χ4v) is 1.45. The Morgan fingerprint density at radius 2 is 2.00 bits per heavy atom. The molecule has 0 aromatic carbocycles. The maximum absolute atomic E-state index is 5.51. The van der Waals surface area contributed by atoms with Gasteiger partial charge in [0.25, 0.3) is 0 Å². The Labute approximate surface area is 110 Å². The van der Waals surface area contributed by atoms with Crippen molar-refractivity contribution in [2.75, 3.05) is 40.1 Å². The van der Waals surface area contributed by atoms with E-state index in [4.69, 9.17) is 14.2 Å². The van der Waals surface area contributed by atoms with Crippen LogP contribution in [0.15, 0.2) is 29.0 Å². The molecule has 0 saturated heterocycles. The minimum atomic E-state index is 0.447. The molecule has 0 rings (SSSR count). The lowest BCUT2D eigenvalue weighted by Crippen LogP contribution is -2.16. The van der Waals surface area contributed by atoms with Crippen molar-refractivity contribution in [1.82, 2.24) is 0 Å². The third-order valence-electron chi connectivity index (χ3n) is 2.24. The van der Waals surface area contributed by atoms with Gasteiger partial charge in [0.05, 0.1) is 32.1 Å². The maximum atomic E-state index is 5.51. The van der Waals surface area contributed by atoms with E-state index in [9.17, 15) is 0 Å². The summed E-state index contributed by atoms with van der Waals surface area (Å²) in [6.45, 7) is 12.7. The number of ether oxygens (including phenoxy) is 3. The summed E-state index contributed by atoms with van der Waals surface area (Å²) in [5, 5.41) is 0. The van der Waals surface area contributed by atoms with Crippen molar-refractivity contribution in [2.24, 2.45) is 4.99 Å². The van der Waals surface area contributed by atoms with Gasteiger partial charge in [-0.05, 0) is 20.8 Å². The minimum absolute atomic E-state index is 0.447. The first-order valence-electron chi connectivity index (χ1n) is 6.29. The molecule has 0 heterocycles. The quantitative estimate of drug-likeness (QED) is 0.261. The summed E-state index contributed by atoms with van der Waals surface area (Å²) in [5.74, 6) is 0.641. The average molecular weight is 255 g/mol. The van der Waals surface area contributed by atoms with E-state index in [-0.39, 0.29) is 0 Å². The predicted octanol–water partition coefficient (Wildman–Crippen LogP) is 2.61. The zero-order valence-electron chi connectivity index (χ0n) is 12.0. The maximum Gasteiger partial charge on any atom is 0.120 e. The number of nitrogens with zero attached hydrogens (tertiary/aromatic N) is 1. The van der Waals surface area contributed by atoms with Gasteiger partial charge >= 0.3 is 0 Å². The Hall–Kier alpha value is -1.13. The first-order valence-corrected chi connectivity index (χ1v) is 6.29. The lowest BCUT2D eigenvalue weighted by atomic mass is 10.1. The smallest absolute Gasteiger partial charge is 0.120 e. The Balaban J connectivity index is 4.56. The van der Waals surface area contributed by atoms with Crippen LogP contribution >= 0.6 is 0 Å². The normalized spacial score (nSPS) is 12.7. The molecule has 0 aromatic rings. The van der Waals surface area contributed by atoms with Gasteiger partial charge in [-0.25, -0.2) is 0 Å². The van der Waals surface area contributed by atoms with Crippen LogP contribution in [-0.4, -0.2) is 45.8 Å². The van der Waals surface area contributed by atoms with Gasteiger partial charge in [0, 0.05) is 19.2 Å². The van der Waals surface area contributed by atoms with Crippen molar-refractivity contribution < 1.29 is 14.2 Å². The lowest BCUT2D eigenvalue weighted by molar-refractivity contribution is 0.0899. The number of rotatable bonds is 10. The van der Waals surface area contributed by atoms with Crippen LogP contribution < -0.4 is 0 Å². The van der Waals surface area contributed by atoms with Gasteiger partial charge in [-0.3, -0.25) is 4.99 Å². The van der Waals surface area contributed by atoms with Crippen molar-refractivity contribution in [3.05, 3.63) is 24.0 Å². The Bertz CT molecular complexity index is 295. The van der Waals surface area contributed by atoms with Crippen LogP contribution in [0.3, 0.4) is 0 Å². The molecule has 104 valence electrons. The summed E-state index contributed by atoms with van der Waals surface area (Å²) < 4.78 is 15.9. The molecular weight excluding hydrogens is 230 g/mol. The van der Waals surface area contributed by atoms with Crippen LogP contribution in [0.25, 0.3) is 0 Å². The highest BCUT2D eigenvalue weighted by Gasteiger charge is 2.11. The van der Waals surface area contributed by atoms with Crippen molar-refractivity contribution in [3.63, 3.8) is 0 Å². The van der Waals surface area contributed by atoms with E-state index in [1.807, 2.05) is 26.8 Å². The van der Waals surface area contributed by atoms with E-state index < -0.39 is 0 Å². The zero-order valence-corrected chi connectivity index (χ0v) is 12.0. The van der Waals surface area contributed by atoms with Gasteiger partial charge in [0.1, 0.15) is 5.76 Å². The highest BCUT2D eigenvalue weighted by molar-refractivity contribution is 6.04. The Kier molecular flexibility index (Phi) is 10.3. The predicted molar refractivity (Wildman–Crippen MR) is 75.2 cm³/mol. The van der Waals surface area contributed by atoms with Crippen LogP contribution in [0.2, 0.25) is 0 Å². The molecule has 0 saturated carbocycles. The van der Waals surface area contributed by atoms with E-state index in [0.717, 1.165) is 11.3 Å². The van der Waals surface area contributed by atoms with Crippen LogP contribution in [0.5, 0.6) is 0 Å². The van der Waals surface area contributed by atoms with E-state index >= 15 is 0 Å². The minimum Gasteiger partial charge on any atom is -0.494 e. The topological polar surface area (TPSA) is 40.0 Å². The molecule has 0 fully saturated rings. The highest BCUT2D eigenvalue weighted by atomic mass is 16.5. The number of aliphatic imine (C=N–C) groups is 1. The van der Waals surface area contributed by atoms with Crippen LogP contribution in [0.1, 0.15) is 20.8 Å². The molecule has 4 heteroatoms. The van der Waals surface area contributed by atoms with Gasteiger partial charge in [-0.15, -0.1) is 0 Å². The van der Waals surface area contributed by atoms with Crippen molar-refractivity contribution in [1.29, 1.82) is 0 Å². The van der Waals surface area contributed by atoms with Crippen LogP contribution in [0.4, 0.5) is 0 Å². The number of methoxy groups -OCH3 is 1. The third kappa shape index (κ3) is 6.57. The lowest BCUT2D eigenvalue weighted by Gasteiger charge is -2.14. The number of hydrogen-bond acceptors (Lipinski definition) is 4. The molecule has 0 spiro atoms. The highest BCUT2D eigenvalue weighted by Crippen LogP contribution is 2.12. The van der Waals surface area contributed by atoms with Gasteiger partial charge in [0.15, 0.2) is 0 Å². The second-order valence-electron chi connectivity index (χ2n) is 3.52. The zero-order chi connectivity index (χ0) is 13.8.